The molecule has 2 atom stereocenters. The number of nitrogens with one attached hydrogen (secondary N) is 1. The maximum absolute atomic E-state index is 11.4. The second kappa shape index (κ2) is 6.78. The van der Waals surface area contributed by atoms with Crippen molar-refractivity contribution < 1.29 is 9.66 Å². The summed E-state index contributed by atoms with van der Waals surface area (Å²) < 4.78 is 5.99. The maximum atomic E-state index is 11.4. The number of para-hydroxylation sites is 1. The van der Waals surface area contributed by atoms with Gasteiger partial charge in [0, 0.05) is 6.54 Å². The summed E-state index contributed by atoms with van der Waals surface area (Å²) in [4.78, 5) is 11.0. The Labute approximate surface area is 125 Å². The zero-order valence-corrected chi connectivity index (χ0v) is 13.0. The molecule has 0 radical (unpaired) electrons. The summed E-state index contributed by atoms with van der Waals surface area (Å²) in [5.41, 5.74) is 0.571. The van der Waals surface area contributed by atoms with Gasteiger partial charge in [-0.05, 0) is 50.2 Å². The lowest BCUT2D eigenvalue weighted by Crippen LogP contribution is -2.28. The number of rotatable bonds is 5. The first-order valence-corrected chi connectivity index (χ1v) is 7.69. The van der Waals surface area contributed by atoms with Gasteiger partial charge in [-0.25, -0.2) is 0 Å². The highest BCUT2D eigenvalue weighted by molar-refractivity contribution is 5.68. The van der Waals surface area contributed by atoms with Gasteiger partial charge < -0.3 is 10.1 Å². The Morgan fingerprint density at radius 1 is 1.29 bits per heavy atom. The largest absolute Gasteiger partial charge is 0.483 e. The molecule has 5 nitrogen and oxygen atoms in total. The minimum atomic E-state index is -0.358. The first-order valence-electron chi connectivity index (χ1n) is 7.69. The van der Waals surface area contributed by atoms with E-state index in [0.29, 0.717) is 29.8 Å². The summed E-state index contributed by atoms with van der Waals surface area (Å²) in [5, 5.41) is 14.4. The lowest BCUT2D eigenvalue weighted by atomic mass is 9.82. The molecule has 1 aromatic carbocycles. The average molecular weight is 292 g/mol. The molecule has 2 unspecified atom stereocenters. The Balaban J connectivity index is 2.22. The van der Waals surface area contributed by atoms with Crippen molar-refractivity contribution in [2.75, 3.05) is 11.9 Å². The van der Waals surface area contributed by atoms with Crippen molar-refractivity contribution in [3.63, 3.8) is 0 Å². The molecule has 1 saturated carbocycles. The monoisotopic (exact) mass is 292 g/mol. The van der Waals surface area contributed by atoms with Gasteiger partial charge in [0.1, 0.15) is 5.69 Å². The van der Waals surface area contributed by atoms with Crippen LogP contribution in [0.4, 0.5) is 11.4 Å². The molecule has 0 bridgehead atoms. The molecule has 1 aliphatic rings. The van der Waals surface area contributed by atoms with Crippen molar-refractivity contribution in [1.29, 1.82) is 0 Å². The quantitative estimate of drug-likeness (QED) is 0.651. The SMILES string of the molecule is CCNc1cccc(OC2CC(C)CC(C)C2)c1[N+](=O)[O-]. The van der Waals surface area contributed by atoms with Gasteiger partial charge in [-0.2, -0.15) is 0 Å². The summed E-state index contributed by atoms with van der Waals surface area (Å²) in [6.45, 7) is 6.99. The zero-order chi connectivity index (χ0) is 15.4. The molecule has 21 heavy (non-hydrogen) atoms. The van der Waals surface area contributed by atoms with Gasteiger partial charge in [-0.3, -0.25) is 10.1 Å². The van der Waals surface area contributed by atoms with Gasteiger partial charge in [0.15, 0.2) is 5.75 Å². The number of anilines is 1. The first-order chi connectivity index (χ1) is 10.0. The van der Waals surface area contributed by atoms with Gasteiger partial charge in [-0.1, -0.05) is 19.9 Å². The summed E-state index contributed by atoms with van der Waals surface area (Å²) >= 11 is 0. The molecular weight excluding hydrogens is 268 g/mol. The van der Waals surface area contributed by atoms with Crippen molar-refractivity contribution in [3.8, 4) is 5.75 Å². The van der Waals surface area contributed by atoms with Crippen LogP contribution in [0, 0.1) is 22.0 Å². The molecule has 1 fully saturated rings. The van der Waals surface area contributed by atoms with Crippen LogP contribution in [-0.4, -0.2) is 17.6 Å². The molecule has 2 rings (SSSR count). The number of nitro groups is 1. The van der Waals surface area contributed by atoms with E-state index in [9.17, 15) is 10.1 Å². The molecule has 116 valence electrons. The van der Waals surface area contributed by atoms with E-state index < -0.39 is 0 Å². The molecule has 1 aliphatic carbocycles. The van der Waals surface area contributed by atoms with Crippen molar-refractivity contribution in [1.82, 2.24) is 0 Å². The highest BCUT2D eigenvalue weighted by atomic mass is 16.6. The van der Waals surface area contributed by atoms with Crippen molar-refractivity contribution in [3.05, 3.63) is 28.3 Å². The van der Waals surface area contributed by atoms with Crippen LogP contribution in [0.2, 0.25) is 0 Å². The summed E-state index contributed by atoms with van der Waals surface area (Å²) in [6, 6.07) is 5.22. The first kappa shape index (κ1) is 15.6. The number of nitro benzene ring substituents is 1. The van der Waals surface area contributed by atoms with E-state index in [1.807, 2.05) is 6.92 Å². The van der Waals surface area contributed by atoms with Crippen LogP contribution in [0.15, 0.2) is 18.2 Å². The molecule has 1 N–H and O–H groups in total. The van der Waals surface area contributed by atoms with Crippen LogP contribution in [-0.2, 0) is 0 Å². The second-order valence-corrected chi connectivity index (χ2v) is 6.10. The van der Waals surface area contributed by atoms with Crippen LogP contribution in [0.1, 0.15) is 40.0 Å². The Kier molecular flexibility index (Phi) is 5.04. The third-order valence-corrected chi connectivity index (χ3v) is 3.98. The molecule has 5 heteroatoms. The van der Waals surface area contributed by atoms with Crippen LogP contribution < -0.4 is 10.1 Å². The Morgan fingerprint density at radius 3 is 2.52 bits per heavy atom. The molecule has 0 aromatic heterocycles. The second-order valence-electron chi connectivity index (χ2n) is 6.10. The average Bonchev–Trinajstić information content (AvgIpc) is 2.37. The topological polar surface area (TPSA) is 64.4 Å². The van der Waals surface area contributed by atoms with Gasteiger partial charge >= 0.3 is 5.69 Å². The standard InChI is InChI=1S/C16H24N2O3/c1-4-17-14-6-5-7-15(16(14)18(19)20)21-13-9-11(2)8-12(3)10-13/h5-7,11-13,17H,4,8-10H2,1-3H3. The lowest BCUT2D eigenvalue weighted by Gasteiger charge is -2.31. The minimum absolute atomic E-state index is 0.0465. The zero-order valence-electron chi connectivity index (χ0n) is 13.0. The van der Waals surface area contributed by atoms with Gasteiger partial charge in [0.2, 0.25) is 0 Å². The highest BCUT2D eigenvalue weighted by Gasteiger charge is 2.28. The molecule has 0 heterocycles. The van der Waals surface area contributed by atoms with Crippen LogP contribution >= 0.6 is 0 Å². The fourth-order valence-corrected chi connectivity index (χ4v) is 3.29. The molecule has 0 amide bonds. The van der Waals surface area contributed by atoms with Crippen molar-refractivity contribution in [2.24, 2.45) is 11.8 Å². The Morgan fingerprint density at radius 2 is 1.95 bits per heavy atom. The predicted octanol–water partition coefficient (Wildman–Crippen LogP) is 4.23. The third kappa shape index (κ3) is 3.86. The number of nitrogens with zero attached hydrogens (tertiary/aromatic N) is 1. The lowest BCUT2D eigenvalue weighted by molar-refractivity contribution is -0.385. The Hall–Kier alpha value is -1.78. The number of hydrogen-bond acceptors (Lipinski definition) is 4. The van der Waals surface area contributed by atoms with E-state index in [2.05, 4.69) is 19.2 Å². The molecular formula is C16H24N2O3. The maximum Gasteiger partial charge on any atom is 0.333 e. The summed E-state index contributed by atoms with van der Waals surface area (Å²) in [7, 11) is 0. The third-order valence-electron chi connectivity index (χ3n) is 3.98. The fourth-order valence-electron chi connectivity index (χ4n) is 3.29. The minimum Gasteiger partial charge on any atom is -0.483 e. The van der Waals surface area contributed by atoms with E-state index in [1.165, 1.54) is 6.42 Å². The highest BCUT2D eigenvalue weighted by Crippen LogP contribution is 2.38. The summed E-state index contributed by atoms with van der Waals surface area (Å²) in [6.07, 6.45) is 3.21. The van der Waals surface area contributed by atoms with Crippen LogP contribution in [0.3, 0.4) is 0 Å². The number of ether oxygens (including phenoxy) is 1. The molecule has 1 aromatic rings. The molecule has 0 spiro atoms. The van der Waals surface area contributed by atoms with Gasteiger partial charge in [0.25, 0.3) is 0 Å². The molecule has 0 saturated heterocycles. The van der Waals surface area contributed by atoms with Crippen LogP contribution in [0.5, 0.6) is 5.75 Å². The van der Waals surface area contributed by atoms with Gasteiger partial charge in [-0.15, -0.1) is 0 Å². The van der Waals surface area contributed by atoms with Gasteiger partial charge in [0.05, 0.1) is 11.0 Å². The molecule has 0 aliphatic heterocycles. The van der Waals surface area contributed by atoms with E-state index in [-0.39, 0.29) is 16.7 Å². The van der Waals surface area contributed by atoms with Crippen molar-refractivity contribution in [2.45, 2.75) is 46.1 Å². The fraction of sp³-hybridized carbons (Fsp3) is 0.625. The summed E-state index contributed by atoms with van der Waals surface area (Å²) in [5.74, 6) is 1.59. The predicted molar refractivity (Wildman–Crippen MR) is 83.9 cm³/mol. The van der Waals surface area contributed by atoms with Crippen molar-refractivity contribution >= 4 is 11.4 Å². The van der Waals surface area contributed by atoms with E-state index in [4.69, 9.17) is 4.74 Å². The number of benzene rings is 1. The number of hydrogen-bond donors (Lipinski definition) is 1. The van der Waals surface area contributed by atoms with E-state index >= 15 is 0 Å². The van der Waals surface area contributed by atoms with E-state index in [1.54, 1.807) is 18.2 Å². The van der Waals surface area contributed by atoms with E-state index in [0.717, 1.165) is 12.8 Å². The van der Waals surface area contributed by atoms with Crippen LogP contribution in [0.25, 0.3) is 0 Å². The normalized spacial score (nSPS) is 25.4. The smallest absolute Gasteiger partial charge is 0.333 e. The Bertz CT molecular complexity index is 494.